The van der Waals surface area contributed by atoms with Gasteiger partial charge in [0.1, 0.15) is 12.4 Å². The fraction of sp³-hybridized carbons (Fsp3) is 0.381. The minimum atomic E-state index is -0.736. The molecule has 5 heteroatoms. The van der Waals surface area contributed by atoms with Crippen molar-refractivity contribution < 1.29 is 14.6 Å². The molecule has 0 aromatic heterocycles. The number of nitrogens with zero attached hydrogens (tertiary/aromatic N) is 1. The topological polar surface area (TPSA) is 49.8 Å². The summed E-state index contributed by atoms with van der Waals surface area (Å²) < 4.78 is 5.94. The van der Waals surface area contributed by atoms with E-state index in [9.17, 15) is 4.79 Å². The van der Waals surface area contributed by atoms with Gasteiger partial charge in [0.15, 0.2) is 0 Å². The van der Waals surface area contributed by atoms with Gasteiger partial charge in [-0.1, -0.05) is 42.5 Å². The summed E-state index contributed by atoms with van der Waals surface area (Å²) in [6.07, 6.45) is 3.31. The molecule has 0 amide bonds. The third-order valence-electron chi connectivity index (χ3n) is 4.73. The molecule has 1 fully saturated rings. The second-order valence-corrected chi connectivity index (χ2v) is 6.59. The van der Waals surface area contributed by atoms with E-state index < -0.39 is 5.97 Å². The number of carboxylic acids is 1. The van der Waals surface area contributed by atoms with E-state index >= 15 is 0 Å². The SMILES string of the molecule is Cl.O=C(O)CCN1CCC[C@@H]1COc1ccc(Cc2ccccc2)cc1. The maximum Gasteiger partial charge on any atom is 0.304 e. The number of benzene rings is 2. The molecule has 1 aliphatic heterocycles. The molecule has 26 heavy (non-hydrogen) atoms. The van der Waals surface area contributed by atoms with E-state index in [1.807, 2.05) is 18.2 Å². The summed E-state index contributed by atoms with van der Waals surface area (Å²) in [5, 5.41) is 8.84. The van der Waals surface area contributed by atoms with Crippen LogP contribution in [-0.2, 0) is 11.2 Å². The van der Waals surface area contributed by atoms with E-state index in [2.05, 4.69) is 41.3 Å². The van der Waals surface area contributed by atoms with Crippen LogP contribution in [-0.4, -0.2) is 41.7 Å². The summed E-state index contributed by atoms with van der Waals surface area (Å²) in [5.74, 6) is 0.141. The summed E-state index contributed by atoms with van der Waals surface area (Å²) >= 11 is 0. The predicted octanol–water partition coefficient (Wildman–Crippen LogP) is 4.02. The molecule has 2 aromatic carbocycles. The lowest BCUT2D eigenvalue weighted by Gasteiger charge is -2.23. The highest BCUT2D eigenvalue weighted by atomic mass is 35.5. The average molecular weight is 376 g/mol. The van der Waals surface area contributed by atoms with Crippen LogP contribution in [0.25, 0.3) is 0 Å². The molecule has 0 radical (unpaired) electrons. The smallest absolute Gasteiger partial charge is 0.304 e. The first-order valence-electron chi connectivity index (χ1n) is 8.92. The third kappa shape index (κ3) is 6.04. The summed E-state index contributed by atoms with van der Waals surface area (Å²) in [7, 11) is 0. The van der Waals surface area contributed by atoms with Gasteiger partial charge in [-0.25, -0.2) is 0 Å². The minimum absolute atomic E-state index is 0. The highest BCUT2D eigenvalue weighted by Crippen LogP contribution is 2.20. The molecular formula is C21H26ClNO3. The Morgan fingerprint density at radius 1 is 1.08 bits per heavy atom. The Morgan fingerprint density at radius 3 is 2.46 bits per heavy atom. The molecule has 1 saturated heterocycles. The molecule has 3 rings (SSSR count). The van der Waals surface area contributed by atoms with Crippen LogP contribution in [0.5, 0.6) is 5.75 Å². The summed E-state index contributed by atoms with van der Waals surface area (Å²) in [4.78, 5) is 13.0. The Labute approximate surface area is 161 Å². The van der Waals surface area contributed by atoms with Crippen molar-refractivity contribution in [1.82, 2.24) is 4.90 Å². The molecule has 0 saturated carbocycles. The molecule has 140 valence electrons. The second kappa shape index (κ2) is 10.2. The molecule has 1 atom stereocenters. The van der Waals surface area contributed by atoms with Gasteiger partial charge < -0.3 is 9.84 Å². The first-order valence-corrected chi connectivity index (χ1v) is 8.92. The van der Waals surface area contributed by atoms with E-state index in [4.69, 9.17) is 9.84 Å². The van der Waals surface area contributed by atoms with Crippen molar-refractivity contribution in [2.24, 2.45) is 0 Å². The van der Waals surface area contributed by atoms with Gasteiger partial charge in [0.25, 0.3) is 0 Å². The number of hydrogen-bond donors (Lipinski definition) is 1. The van der Waals surface area contributed by atoms with Crippen molar-refractivity contribution in [3.8, 4) is 5.75 Å². The number of carboxylic acid groups (broad SMARTS) is 1. The van der Waals surface area contributed by atoms with E-state index in [0.29, 0.717) is 19.2 Å². The molecule has 0 unspecified atom stereocenters. The fourth-order valence-electron chi connectivity index (χ4n) is 3.35. The highest BCUT2D eigenvalue weighted by Gasteiger charge is 2.25. The number of aliphatic carboxylic acids is 1. The largest absolute Gasteiger partial charge is 0.492 e. The quantitative estimate of drug-likeness (QED) is 0.757. The Kier molecular flexibility index (Phi) is 7.95. The van der Waals surface area contributed by atoms with Crippen LogP contribution in [0.15, 0.2) is 54.6 Å². The number of rotatable bonds is 8. The Bertz CT molecular complexity index is 675. The molecule has 0 spiro atoms. The van der Waals surface area contributed by atoms with Gasteiger partial charge in [0, 0.05) is 12.6 Å². The van der Waals surface area contributed by atoms with Gasteiger partial charge in [0.2, 0.25) is 0 Å². The van der Waals surface area contributed by atoms with Crippen molar-refractivity contribution in [3.63, 3.8) is 0 Å². The lowest BCUT2D eigenvalue weighted by atomic mass is 10.1. The molecule has 1 heterocycles. The van der Waals surface area contributed by atoms with Crippen molar-refractivity contribution in [3.05, 3.63) is 65.7 Å². The predicted molar refractivity (Wildman–Crippen MR) is 105 cm³/mol. The maximum absolute atomic E-state index is 10.7. The molecule has 1 N–H and O–H groups in total. The third-order valence-corrected chi connectivity index (χ3v) is 4.73. The monoisotopic (exact) mass is 375 g/mol. The first kappa shape index (κ1) is 20.3. The van der Waals surface area contributed by atoms with E-state index in [1.165, 1.54) is 11.1 Å². The Morgan fingerprint density at radius 2 is 1.77 bits per heavy atom. The van der Waals surface area contributed by atoms with E-state index in [0.717, 1.165) is 31.6 Å². The summed E-state index contributed by atoms with van der Waals surface area (Å²) in [6.45, 7) is 2.20. The number of ether oxygens (including phenoxy) is 1. The van der Waals surface area contributed by atoms with Gasteiger partial charge in [0.05, 0.1) is 6.42 Å². The van der Waals surface area contributed by atoms with E-state index in [1.54, 1.807) is 0 Å². The summed E-state index contributed by atoms with van der Waals surface area (Å²) in [5.41, 5.74) is 2.57. The van der Waals surface area contributed by atoms with Gasteiger partial charge in [-0.2, -0.15) is 0 Å². The van der Waals surface area contributed by atoms with Crippen LogP contribution >= 0.6 is 12.4 Å². The van der Waals surface area contributed by atoms with Gasteiger partial charge in [-0.05, 0) is 49.1 Å². The number of likely N-dealkylation sites (tertiary alicyclic amines) is 1. The highest BCUT2D eigenvalue weighted by molar-refractivity contribution is 5.85. The van der Waals surface area contributed by atoms with Gasteiger partial charge in [-0.3, -0.25) is 9.69 Å². The molecule has 2 aromatic rings. The minimum Gasteiger partial charge on any atom is -0.492 e. The molecule has 0 bridgehead atoms. The molecule has 1 aliphatic rings. The number of carbonyl (C=O) groups is 1. The lowest BCUT2D eigenvalue weighted by molar-refractivity contribution is -0.137. The van der Waals surface area contributed by atoms with Crippen molar-refractivity contribution >= 4 is 18.4 Å². The van der Waals surface area contributed by atoms with Crippen LogP contribution in [0.3, 0.4) is 0 Å². The fourth-order valence-corrected chi connectivity index (χ4v) is 3.35. The van der Waals surface area contributed by atoms with Gasteiger partial charge in [-0.15, -0.1) is 12.4 Å². The normalized spacial score (nSPS) is 16.8. The molecule has 0 aliphatic carbocycles. The van der Waals surface area contributed by atoms with Crippen LogP contribution in [0.4, 0.5) is 0 Å². The standard InChI is InChI=1S/C21H25NO3.ClH/c23-21(24)12-14-22-13-4-7-19(22)16-25-20-10-8-18(9-11-20)15-17-5-2-1-3-6-17;/h1-3,5-6,8-11,19H,4,7,12-16H2,(H,23,24);1H/t19-;/m1./s1. The maximum atomic E-state index is 10.7. The zero-order valence-corrected chi connectivity index (χ0v) is 15.7. The zero-order valence-electron chi connectivity index (χ0n) is 14.8. The van der Waals surface area contributed by atoms with Crippen LogP contribution in [0, 0.1) is 0 Å². The Balaban J connectivity index is 0.00000243. The van der Waals surface area contributed by atoms with Crippen LogP contribution in [0.1, 0.15) is 30.4 Å². The average Bonchev–Trinajstić information content (AvgIpc) is 3.08. The molecule has 4 nitrogen and oxygen atoms in total. The Hall–Kier alpha value is -2.04. The number of hydrogen-bond acceptors (Lipinski definition) is 3. The number of halogens is 1. The van der Waals surface area contributed by atoms with Crippen molar-refractivity contribution in [2.75, 3.05) is 19.7 Å². The van der Waals surface area contributed by atoms with Gasteiger partial charge >= 0.3 is 5.97 Å². The van der Waals surface area contributed by atoms with Crippen LogP contribution < -0.4 is 4.74 Å². The molecular weight excluding hydrogens is 350 g/mol. The van der Waals surface area contributed by atoms with Crippen molar-refractivity contribution in [1.29, 1.82) is 0 Å². The van der Waals surface area contributed by atoms with Crippen LogP contribution in [0.2, 0.25) is 0 Å². The second-order valence-electron chi connectivity index (χ2n) is 6.59. The zero-order chi connectivity index (χ0) is 17.5. The first-order chi connectivity index (χ1) is 12.2. The van der Waals surface area contributed by atoms with Crippen molar-refractivity contribution in [2.45, 2.75) is 31.7 Å². The lowest BCUT2D eigenvalue weighted by Crippen LogP contribution is -2.35. The summed E-state index contributed by atoms with van der Waals surface area (Å²) in [6, 6.07) is 19.0. The van der Waals surface area contributed by atoms with E-state index in [-0.39, 0.29) is 18.8 Å².